The van der Waals surface area contributed by atoms with E-state index in [0.29, 0.717) is 18.7 Å². The maximum atomic E-state index is 14.0. The predicted molar refractivity (Wildman–Crippen MR) is 79.2 cm³/mol. The molecular formula is C13H20ClFN2O2S. The van der Waals surface area contributed by atoms with Crippen molar-refractivity contribution in [2.75, 3.05) is 20.1 Å². The maximum absolute atomic E-state index is 14.0. The van der Waals surface area contributed by atoms with Crippen LogP contribution in [0.25, 0.3) is 0 Å². The Kier molecular flexibility index (Phi) is 5.94. The summed E-state index contributed by atoms with van der Waals surface area (Å²) in [5.74, 6) is -0.644. The third-order valence-electron chi connectivity index (χ3n) is 3.57. The number of aryl methyl sites for hydroxylation is 1. The Morgan fingerprint density at radius 2 is 2.10 bits per heavy atom. The second-order valence-corrected chi connectivity index (χ2v) is 6.78. The van der Waals surface area contributed by atoms with Gasteiger partial charge in [0.25, 0.3) is 0 Å². The molecule has 1 aromatic carbocycles. The number of piperidine rings is 1. The molecule has 0 aromatic heterocycles. The third kappa shape index (κ3) is 3.31. The maximum Gasteiger partial charge on any atom is 0.246 e. The Morgan fingerprint density at radius 1 is 1.40 bits per heavy atom. The van der Waals surface area contributed by atoms with Gasteiger partial charge in [-0.1, -0.05) is 12.1 Å². The zero-order valence-electron chi connectivity index (χ0n) is 11.6. The smallest absolute Gasteiger partial charge is 0.246 e. The molecule has 1 N–H and O–H groups in total. The van der Waals surface area contributed by atoms with Gasteiger partial charge >= 0.3 is 0 Å². The van der Waals surface area contributed by atoms with E-state index in [9.17, 15) is 12.8 Å². The van der Waals surface area contributed by atoms with Crippen LogP contribution in [0.2, 0.25) is 0 Å². The van der Waals surface area contributed by atoms with Gasteiger partial charge in [0.1, 0.15) is 10.7 Å². The number of nitrogens with one attached hydrogen (secondary N) is 1. The number of hydrogen-bond acceptors (Lipinski definition) is 3. The first-order chi connectivity index (χ1) is 8.96. The fourth-order valence-electron chi connectivity index (χ4n) is 2.36. The van der Waals surface area contributed by atoms with Crippen molar-refractivity contribution < 1.29 is 12.8 Å². The Bertz CT molecular complexity index is 565. The molecule has 7 heteroatoms. The van der Waals surface area contributed by atoms with Crippen molar-refractivity contribution in [2.24, 2.45) is 0 Å². The first-order valence-electron chi connectivity index (χ1n) is 6.39. The van der Waals surface area contributed by atoms with Gasteiger partial charge in [0.2, 0.25) is 10.0 Å². The second-order valence-electron chi connectivity index (χ2n) is 4.88. The van der Waals surface area contributed by atoms with Crippen LogP contribution >= 0.6 is 12.4 Å². The molecule has 0 bridgehead atoms. The number of rotatable bonds is 3. The average Bonchev–Trinajstić information content (AvgIpc) is 2.41. The summed E-state index contributed by atoms with van der Waals surface area (Å²) in [5.41, 5.74) is 0.350. The van der Waals surface area contributed by atoms with Gasteiger partial charge in [-0.05, 0) is 38.4 Å². The Balaban J connectivity index is 0.00000200. The molecule has 1 heterocycles. The van der Waals surface area contributed by atoms with E-state index < -0.39 is 15.8 Å². The number of sulfonamides is 1. The van der Waals surface area contributed by atoms with Crippen molar-refractivity contribution >= 4 is 22.4 Å². The van der Waals surface area contributed by atoms with Gasteiger partial charge in [-0.2, -0.15) is 4.31 Å². The number of likely N-dealkylation sites (N-methyl/N-ethyl adjacent to an activating group) is 1. The zero-order valence-corrected chi connectivity index (χ0v) is 13.2. The third-order valence-corrected chi connectivity index (χ3v) is 5.45. The summed E-state index contributed by atoms with van der Waals surface area (Å²) in [5, 5.41) is 3.08. The molecule has 114 valence electrons. The highest BCUT2D eigenvalue weighted by molar-refractivity contribution is 7.89. The number of hydrogen-bond donors (Lipinski definition) is 1. The predicted octanol–water partition coefficient (Wildman–Crippen LogP) is 1.93. The molecule has 20 heavy (non-hydrogen) atoms. The van der Waals surface area contributed by atoms with Crippen LogP contribution in [0.4, 0.5) is 4.39 Å². The highest BCUT2D eigenvalue weighted by Crippen LogP contribution is 2.24. The highest BCUT2D eigenvalue weighted by Gasteiger charge is 2.31. The van der Waals surface area contributed by atoms with E-state index in [2.05, 4.69) is 5.32 Å². The fraction of sp³-hybridized carbons (Fsp3) is 0.538. The van der Waals surface area contributed by atoms with Crippen molar-refractivity contribution in [3.63, 3.8) is 0 Å². The van der Waals surface area contributed by atoms with Gasteiger partial charge < -0.3 is 5.32 Å². The summed E-state index contributed by atoms with van der Waals surface area (Å²) in [6.45, 7) is 2.42. The van der Waals surface area contributed by atoms with E-state index in [1.54, 1.807) is 19.1 Å². The van der Waals surface area contributed by atoms with E-state index >= 15 is 0 Å². The lowest BCUT2D eigenvalue weighted by Gasteiger charge is -2.31. The van der Waals surface area contributed by atoms with Crippen LogP contribution < -0.4 is 5.32 Å². The van der Waals surface area contributed by atoms with Crippen molar-refractivity contribution in [3.8, 4) is 0 Å². The molecule has 1 aromatic rings. The number of nitrogens with zero attached hydrogens (tertiary/aromatic N) is 1. The average molecular weight is 323 g/mol. The number of benzene rings is 1. The van der Waals surface area contributed by atoms with E-state index in [1.165, 1.54) is 10.4 Å². The Hall–Kier alpha value is -0.690. The fourth-order valence-corrected chi connectivity index (χ4v) is 4.02. The van der Waals surface area contributed by atoms with Crippen LogP contribution in [0.15, 0.2) is 23.1 Å². The van der Waals surface area contributed by atoms with Gasteiger partial charge in [-0.25, -0.2) is 12.8 Å². The minimum absolute atomic E-state index is 0. The lowest BCUT2D eigenvalue weighted by molar-refractivity contribution is 0.292. The lowest BCUT2D eigenvalue weighted by atomic mass is 10.1. The molecule has 1 atom stereocenters. The van der Waals surface area contributed by atoms with Gasteiger partial charge in [0, 0.05) is 19.1 Å². The summed E-state index contributed by atoms with van der Waals surface area (Å²) in [6, 6.07) is 4.61. The molecule has 0 amide bonds. The van der Waals surface area contributed by atoms with Crippen LogP contribution in [0.1, 0.15) is 18.4 Å². The van der Waals surface area contributed by atoms with Gasteiger partial charge in [-0.3, -0.25) is 0 Å². The molecule has 0 radical (unpaired) electrons. The van der Waals surface area contributed by atoms with Crippen LogP contribution in [-0.2, 0) is 10.0 Å². The number of halogens is 2. The SMILES string of the molecule is CNC1CCCN(S(=O)(=O)c2cccc(C)c2F)C1.Cl. The standard InChI is InChI=1S/C13H19FN2O2S.ClH/c1-10-5-3-7-12(13(10)14)19(17,18)16-8-4-6-11(9-16)15-2;/h3,5,7,11,15H,4,6,8-9H2,1-2H3;1H. The summed E-state index contributed by atoms with van der Waals surface area (Å²) in [7, 11) is -1.93. The van der Waals surface area contributed by atoms with E-state index in [0.717, 1.165) is 12.8 Å². The Labute approximate surface area is 125 Å². The molecule has 0 aliphatic carbocycles. The molecule has 1 unspecified atom stereocenters. The van der Waals surface area contributed by atoms with Crippen LogP contribution in [0.3, 0.4) is 0 Å². The summed E-state index contributed by atoms with van der Waals surface area (Å²) < 4.78 is 40.3. The van der Waals surface area contributed by atoms with Gasteiger partial charge in [0.05, 0.1) is 0 Å². The lowest BCUT2D eigenvalue weighted by Crippen LogP contribution is -2.47. The van der Waals surface area contributed by atoms with Gasteiger partial charge in [-0.15, -0.1) is 12.4 Å². The molecule has 0 saturated carbocycles. The van der Waals surface area contributed by atoms with Crippen molar-refractivity contribution in [2.45, 2.75) is 30.7 Å². The first-order valence-corrected chi connectivity index (χ1v) is 7.83. The monoisotopic (exact) mass is 322 g/mol. The van der Waals surface area contributed by atoms with Crippen LogP contribution in [0.5, 0.6) is 0 Å². The molecule has 0 spiro atoms. The summed E-state index contributed by atoms with van der Waals surface area (Å²) in [6.07, 6.45) is 1.73. The minimum Gasteiger partial charge on any atom is -0.316 e. The minimum atomic E-state index is -3.74. The van der Waals surface area contributed by atoms with Crippen molar-refractivity contribution in [1.82, 2.24) is 9.62 Å². The zero-order chi connectivity index (χ0) is 14.0. The largest absolute Gasteiger partial charge is 0.316 e. The topological polar surface area (TPSA) is 49.4 Å². The van der Waals surface area contributed by atoms with Crippen molar-refractivity contribution in [3.05, 3.63) is 29.6 Å². The summed E-state index contributed by atoms with van der Waals surface area (Å²) >= 11 is 0. The molecule has 1 saturated heterocycles. The molecule has 1 fully saturated rings. The quantitative estimate of drug-likeness (QED) is 0.925. The van der Waals surface area contributed by atoms with Gasteiger partial charge in [0.15, 0.2) is 0 Å². The van der Waals surface area contributed by atoms with E-state index in [1.807, 2.05) is 7.05 Å². The Morgan fingerprint density at radius 3 is 2.75 bits per heavy atom. The highest BCUT2D eigenvalue weighted by atomic mass is 35.5. The van der Waals surface area contributed by atoms with Crippen LogP contribution in [0, 0.1) is 12.7 Å². The van der Waals surface area contributed by atoms with E-state index in [4.69, 9.17) is 0 Å². The second kappa shape index (κ2) is 6.85. The molecule has 1 aliphatic heterocycles. The summed E-state index contributed by atoms with van der Waals surface area (Å²) in [4.78, 5) is -0.218. The van der Waals surface area contributed by atoms with Crippen LogP contribution in [-0.4, -0.2) is 38.9 Å². The van der Waals surface area contributed by atoms with E-state index in [-0.39, 0.29) is 23.3 Å². The normalized spacial score (nSPS) is 20.4. The molecule has 1 aliphatic rings. The first kappa shape index (κ1) is 17.4. The molecular weight excluding hydrogens is 303 g/mol. The molecule has 2 rings (SSSR count). The van der Waals surface area contributed by atoms with Crippen molar-refractivity contribution in [1.29, 1.82) is 0 Å². The molecule has 4 nitrogen and oxygen atoms in total.